The molecule has 0 saturated carbocycles. The Kier molecular flexibility index (Phi) is 8.76. The van der Waals surface area contributed by atoms with Crippen LogP contribution in [0.5, 0.6) is 0 Å². The van der Waals surface area contributed by atoms with Crippen LogP contribution in [0.3, 0.4) is 0 Å². The molecule has 0 fully saturated rings. The lowest BCUT2D eigenvalue weighted by atomic mass is 9.66. The molecule has 0 aromatic heterocycles. The lowest BCUT2D eigenvalue weighted by Crippen LogP contribution is -2.56. The standard InChI is InChI=1S/C22H38N2O3/c1-8-12-24(13-9-2)17-14-16(21(25)26)19(23)20(18(17)22(5,6)7)27-15(10-3)11-4/h8-9,15,17-18,20H,1-2,10-14,23H2,3-7H3,(H,25,26)/t17-,18+,20+/m0/s1. The van der Waals surface area contributed by atoms with Crippen molar-refractivity contribution in [3.8, 4) is 0 Å². The number of hydrogen-bond donors (Lipinski definition) is 2. The Morgan fingerprint density at radius 1 is 1.30 bits per heavy atom. The Morgan fingerprint density at radius 2 is 1.81 bits per heavy atom. The van der Waals surface area contributed by atoms with E-state index < -0.39 is 12.1 Å². The van der Waals surface area contributed by atoms with Gasteiger partial charge in [-0.1, -0.05) is 46.8 Å². The molecule has 0 aromatic rings. The average Bonchev–Trinajstić information content (AvgIpc) is 2.59. The molecule has 3 N–H and O–H groups in total. The summed E-state index contributed by atoms with van der Waals surface area (Å²) in [6.45, 7) is 19.7. The van der Waals surface area contributed by atoms with E-state index >= 15 is 0 Å². The fraction of sp³-hybridized carbons (Fsp3) is 0.682. The summed E-state index contributed by atoms with van der Waals surface area (Å²) in [5, 5.41) is 9.77. The summed E-state index contributed by atoms with van der Waals surface area (Å²) in [5.41, 5.74) is 6.93. The molecule has 0 amide bonds. The molecule has 154 valence electrons. The minimum atomic E-state index is -0.958. The molecule has 1 aliphatic rings. The van der Waals surface area contributed by atoms with Gasteiger partial charge in [0.25, 0.3) is 0 Å². The molecule has 5 nitrogen and oxygen atoms in total. The van der Waals surface area contributed by atoms with Crippen LogP contribution in [-0.2, 0) is 9.53 Å². The van der Waals surface area contributed by atoms with Crippen LogP contribution in [0.1, 0.15) is 53.9 Å². The summed E-state index contributed by atoms with van der Waals surface area (Å²) in [7, 11) is 0. The zero-order chi connectivity index (χ0) is 20.8. The van der Waals surface area contributed by atoms with Crippen LogP contribution in [0.15, 0.2) is 36.6 Å². The van der Waals surface area contributed by atoms with Gasteiger partial charge in [0.15, 0.2) is 0 Å². The van der Waals surface area contributed by atoms with E-state index in [0.717, 1.165) is 12.8 Å². The number of hydrogen-bond acceptors (Lipinski definition) is 4. The van der Waals surface area contributed by atoms with Gasteiger partial charge in [-0.2, -0.15) is 0 Å². The Labute approximate surface area is 164 Å². The average molecular weight is 379 g/mol. The largest absolute Gasteiger partial charge is 0.478 e. The van der Waals surface area contributed by atoms with Crippen molar-refractivity contribution in [1.82, 2.24) is 4.90 Å². The molecular formula is C22H38N2O3. The van der Waals surface area contributed by atoms with E-state index in [0.29, 0.717) is 25.2 Å². The van der Waals surface area contributed by atoms with E-state index in [2.05, 4.69) is 52.7 Å². The van der Waals surface area contributed by atoms with Gasteiger partial charge in [0.05, 0.1) is 11.7 Å². The van der Waals surface area contributed by atoms with Gasteiger partial charge < -0.3 is 15.6 Å². The van der Waals surface area contributed by atoms with Crippen LogP contribution in [0.25, 0.3) is 0 Å². The van der Waals surface area contributed by atoms with Crippen molar-refractivity contribution in [1.29, 1.82) is 0 Å². The fourth-order valence-electron chi connectivity index (χ4n) is 4.14. The second-order valence-electron chi connectivity index (χ2n) is 8.43. The fourth-order valence-corrected chi connectivity index (χ4v) is 4.14. The zero-order valence-electron chi connectivity index (χ0n) is 17.7. The molecule has 0 heterocycles. The third-order valence-electron chi connectivity index (χ3n) is 5.51. The topological polar surface area (TPSA) is 75.8 Å². The first-order chi connectivity index (χ1) is 12.6. The predicted octanol–water partition coefficient (Wildman–Crippen LogP) is 3.97. The minimum absolute atomic E-state index is 0.0150. The SMILES string of the molecule is C=CCN(CC=C)[C@H]1CC(C(=O)O)=C(N)[C@H](OC(CC)CC)[C@@H]1C(C)(C)C. The summed E-state index contributed by atoms with van der Waals surface area (Å²) < 4.78 is 6.43. The first-order valence-corrected chi connectivity index (χ1v) is 9.95. The highest BCUT2D eigenvalue weighted by Crippen LogP contribution is 2.43. The van der Waals surface area contributed by atoms with Crippen LogP contribution < -0.4 is 5.73 Å². The van der Waals surface area contributed by atoms with Crippen LogP contribution in [0, 0.1) is 11.3 Å². The summed E-state index contributed by atoms with van der Waals surface area (Å²) in [5.74, 6) is -0.902. The van der Waals surface area contributed by atoms with Gasteiger partial charge in [-0.25, -0.2) is 4.79 Å². The first-order valence-electron chi connectivity index (χ1n) is 9.95. The summed E-state index contributed by atoms with van der Waals surface area (Å²) in [6.07, 6.45) is 5.47. The Bertz CT molecular complexity index is 548. The molecule has 1 rings (SSSR count). The molecule has 0 radical (unpaired) electrons. The Hall–Kier alpha value is -1.59. The van der Waals surface area contributed by atoms with Crippen LogP contribution in [-0.4, -0.2) is 47.3 Å². The van der Waals surface area contributed by atoms with Crippen LogP contribution in [0.4, 0.5) is 0 Å². The summed E-state index contributed by atoms with van der Waals surface area (Å²) in [4.78, 5) is 14.2. The smallest absolute Gasteiger partial charge is 0.333 e. The molecule has 0 saturated heterocycles. The first kappa shape index (κ1) is 23.4. The van der Waals surface area contributed by atoms with Gasteiger partial charge >= 0.3 is 5.97 Å². The number of rotatable bonds is 10. The minimum Gasteiger partial charge on any atom is -0.478 e. The van der Waals surface area contributed by atoms with Crippen molar-refractivity contribution in [2.24, 2.45) is 17.1 Å². The number of ether oxygens (including phenoxy) is 1. The third kappa shape index (κ3) is 5.69. The van der Waals surface area contributed by atoms with Gasteiger partial charge in [-0.05, 0) is 24.7 Å². The van der Waals surface area contributed by atoms with Crippen LogP contribution >= 0.6 is 0 Å². The van der Waals surface area contributed by atoms with Crippen molar-refractivity contribution in [3.63, 3.8) is 0 Å². The number of nitrogens with two attached hydrogens (primary N) is 1. The van der Waals surface area contributed by atoms with E-state index in [4.69, 9.17) is 10.5 Å². The van der Waals surface area contributed by atoms with Crippen LogP contribution in [0.2, 0.25) is 0 Å². The highest BCUT2D eigenvalue weighted by atomic mass is 16.5. The zero-order valence-corrected chi connectivity index (χ0v) is 17.7. The van der Waals surface area contributed by atoms with E-state index in [-0.39, 0.29) is 29.1 Å². The molecule has 27 heavy (non-hydrogen) atoms. The van der Waals surface area contributed by atoms with Crippen molar-refractivity contribution >= 4 is 5.97 Å². The van der Waals surface area contributed by atoms with Crippen molar-refractivity contribution in [2.75, 3.05) is 13.1 Å². The number of carboxylic acid groups (broad SMARTS) is 1. The molecule has 0 aliphatic heterocycles. The van der Waals surface area contributed by atoms with Crippen molar-refractivity contribution < 1.29 is 14.6 Å². The molecule has 3 atom stereocenters. The highest BCUT2D eigenvalue weighted by Gasteiger charge is 2.47. The molecule has 0 aromatic carbocycles. The maximum atomic E-state index is 11.9. The molecule has 0 bridgehead atoms. The second kappa shape index (κ2) is 10.1. The molecule has 0 unspecified atom stereocenters. The lowest BCUT2D eigenvalue weighted by Gasteiger charge is -2.49. The van der Waals surface area contributed by atoms with Gasteiger partial charge in [-0.15, -0.1) is 13.2 Å². The maximum Gasteiger partial charge on any atom is 0.333 e. The number of carboxylic acids is 1. The van der Waals surface area contributed by atoms with Gasteiger partial charge in [0.1, 0.15) is 6.10 Å². The number of carbonyl (C=O) groups is 1. The molecule has 1 aliphatic carbocycles. The second-order valence-corrected chi connectivity index (χ2v) is 8.43. The van der Waals surface area contributed by atoms with Gasteiger partial charge in [0.2, 0.25) is 0 Å². The molecule has 0 spiro atoms. The van der Waals surface area contributed by atoms with E-state index in [9.17, 15) is 9.90 Å². The third-order valence-corrected chi connectivity index (χ3v) is 5.51. The normalized spacial score (nSPS) is 23.7. The number of aliphatic carboxylic acids is 1. The molecule has 5 heteroatoms. The monoisotopic (exact) mass is 378 g/mol. The molecular weight excluding hydrogens is 340 g/mol. The van der Waals surface area contributed by atoms with Crippen molar-refractivity contribution in [3.05, 3.63) is 36.6 Å². The maximum absolute atomic E-state index is 11.9. The van der Waals surface area contributed by atoms with Gasteiger partial charge in [0, 0.05) is 30.7 Å². The Balaban J connectivity index is 3.51. The highest BCUT2D eigenvalue weighted by molar-refractivity contribution is 5.88. The van der Waals surface area contributed by atoms with Gasteiger partial charge in [-0.3, -0.25) is 4.90 Å². The van der Waals surface area contributed by atoms with Crippen molar-refractivity contribution in [2.45, 2.75) is 72.1 Å². The lowest BCUT2D eigenvalue weighted by molar-refractivity contribution is -0.135. The van der Waals surface area contributed by atoms with E-state index in [1.54, 1.807) is 0 Å². The number of nitrogens with zero attached hydrogens (tertiary/aromatic N) is 1. The predicted molar refractivity (Wildman–Crippen MR) is 111 cm³/mol. The summed E-state index contributed by atoms with van der Waals surface area (Å²) >= 11 is 0. The quantitative estimate of drug-likeness (QED) is 0.563. The Morgan fingerprint density at radius 3 is 2.19 bits per heavy atom. The van der Waals surface area contributed by atoms with E-state index in [1.807, 2.05) is 12.2 Å². The van der Waals surface area contributed by atoms with E-state index in [1.165, 1.54) is 0 Å². The summed E-state index contributed by atoms with van der Waals surface area (Å²) in [6, 6.07) is -0.0150.